The van der Waals surface area contributed by atoms with Gasteiger partial charge in [0, 0.05) is 12.1 Å². The first-order valence-electron chi connectivity index (χ1n) is 8.49. The van der Waals surface area contributed by atoms with Gasteiger partial charge in [-0.1, -0.05) is 30.3 Å². The number of amides is 1. The van der Waals surface area contributed by atoms with Crippen LogP contribution in [0.1, 0.15) is 12.5 Å². The molecule has 0 N–H and O–H groups in total. The van der Waals surface area contributed by atoms with E-state index >= 15 is 0 Å². The largest absolute Gasteiger partial charge is 0.496 e. The van der Waals surface area contributed by atoms with E-state index in [9.17, 15) is 4.79 Å². The molecule has 1 atom stereocenters. The lowest BCUT2D eigenvalue weighted by Crippen LogP contribution is -2.44. The van der Waals surface area contributed by atoms with E-state index in [1.165, 1.54) is 0 Å². The molecule has 0 bridgehead atoms. The number of carbonyl (C=O) groups is 1. The predicted molar refractivity (Wildman–Crippen MR) is 95.3 cm³/mol. The molecule has 0 aromatic heterocycles. The van der Waals surface area contributed by atoms with Crippen LogP contribution in [-0.4, -0.2) is 43.7 Å². The lowest BCUT2D eigenvalue weighted by molar-refractivity contribution is -0.131. The van der Waals surface area contributed by atoms with Crippen molar-refractivity contribution in [1.29, 1.82) is 0 Å². The highest BCUT2D eigenvalue weighted by atomic mass is 16.6. The van der Waals surface area contributed by atoms with Gasteiger partial charge in [0.2, 0.25) is 5.91 Å². The second kappa shape index (κ2) is 7.92. The highest BCUT2D eigenvalue weighted by Gasteiger charge is 2.25. The number of hydrogen-bond donors (Lipinski definition) is 0. The van der Waals surface area contributed by atoms with E-state index in [-0.39, 0.29) is 12.0 Å². The Morgan fingerprint density at radius 1 is 1.16 bits per heavy atom. The highest BCUT2D eigenvalue weighted by Crippen LogP contribution is 2.31. The van der Waals surface area contributed by atoms with Gasteiger partial charge in [-0.25, -0.2) is 0 Å². The summed E-state index contributed by atoms with van der Waals surface area (Å²) in [7, 11) is 1.62. The van der Waals surface area contributed by atoms with Crippen molar-refractivity contribution in [2.24, 2.45) is 0 Å². The molecule has 0 saturated heterocycles. The van der Waals surface area contributed by atoms with Gasteiger partial charge in [0.1, 0.15) is 12.4 Å². The summed E-state index contributed by atoms with van der Waals surface area (Å²) in [5.41, 5.74) is 0.889. The number of carbonyl (C=O) groups excluding carboxylic acids is 1. The summed E-state index contributed by atoms with van der Waals surface area (Å²) < 4.78 is 17.0. The molecule has 1 aliphatic rings. The third-order valence-corrected chi connectivity index (χ3v) is 4.26. The molecule has 0 fully saturated rings. The summed E-state index contributed by atoms with van der Waals surface area (Å²) in [6, 6.07) is 15.2. The summed E-state index contributed by atoms with van der Waals surface area (Å²) in [6.07, 6.45) is 0.138. The number of benzene rings is 2. The minimum atomic E-state index is -0.170. The molecule has 3 rings (SSSR count). The molecule has 0 spiro atoms. The molecule has 0 aliphatic carbocycles. The van der Waals surface area contributed by atoms with Crippen molar-refractivity contribution in [3.05, 3.63) is 54.1 Å². The van der Waals surface area contributed by atoms with Crippen LogP contribution in [0.4, 0.5) is 0 Å². The zero-order chi connectivity index (χ0) is 17.6. The third-order valence-electron chi connectivity index (χ3n) is 4.26. The van der Waals surface area contributed by atoms with Gasteiger partial charge in [-0.15, -0.1) is 0 Å². The van der Waals surface area contributed by atoms with Crippen molar-refractivity contribution in [1.82, 2.24) is 4.90 Å². The third kappa shape index (κ3) is 4.05. The van der Waals surface area contributed by atoms with Gasteiger partial charge in [-0.3, -0.25) is 4.79 Å². The Bertz CT molecular complexity index is 731. The van der Waals surface area contributed by atoms with Crippen LogP contribution in [0.15, 0.2) is 48.5 Å². The Labute approximate surface area is 148 Å². The zero-order valence-corrected chi connectivity index (χ0v) is 14.6. The van der Waals surface area contributed by atoms with E-state index in [1.54, 1.807) is 12.0 Å². The fourth-order valence-electron chi connectivity index (χ4n) is 2.93. The van der Waals surface area contributed by atoms with Gasteiger partial charge < -0.3 is 19.1 Å². The zero-order valence-electron chi connectivity index (χ0n) is 14.6. The van der Waals surface area contributed by atoms with Crippen LogP contribution in [0, 0.1) is 0 Å². The van der Waals surface area contributed by atoms with Crippen LogP contribution in [0.25, 0.3) is 0 Å². The number of hydrogen-bond acceptors (Lipinski definition) is 4. The van der Waals surface area contributed by atoms with E-state index < -0.39 is 0 Å². The monoisotopic (exact) mass is 341 g/mol. The maximum absolute atomic E-state index is 12.7. The van der Waals surface area contributed by atoms with Crippen molar-refractivity contribution in [2.45, 2.75) is 19.4 Å². The van der Waals surface area contributed by atoms with Gasteiger partial charge in [0.15, 0.2) is 17.6 Å². The maximum atomic E-state index is 12.7. The van der Waals surface area contributed by atoms with Crippen molar-refractivity contribution in [3.63, 3.8) is 0 Å². The average molecular weight is 341 g/mol. The topological polar surface area (TPSA) is 48.0 Å². The van der Waals surface area contributed by atoms with E-state index in [2.05, 4.69) is 0 Å². The Morgan fingerprint density at radius 2 is 1.88 bits per heavy atom. The van der Waals surface area contributed by atoms with E-state index in [1.807, 2.05) is 55.5 Å². The second-order valence-corrected chi connectivity index (χ2v) is 5.92. The van der Waals surface area contributed by atoms with Crippen LogP contribution in [0.5, 0.6) is 17.2 Å². The number of rotatable bonds is 6. The van der Waals surface area contributed by atoms with Crippen molar-refractivity contribution in [3.8, 4) is 17.2 Å². The maximum Gasteiger partial charge on any atom is 0.227 e. The molecule has 0 saturated carbocycles. The molecule has 0 radical (unpaired) electrons. The van der Waals surface area contributed by atoms with Crippen molar-refractivity contribution < 1.29 is 19.0 Å². The summed E-state index contributed by atoms with van der Waals surface area (Å²) in [6.45, 7) is 3.53. The molecular formula is C20H23NO4. The minimum Gasteiger partial charge on any atom is -0.496 e. The standard InChI is InChI=1S/C20H23NO4/c1-3-21(20(22)12-15-8-4-5-9-17(15)23-2)13-16-14-24-18-10-6-7-11-19(18)25-16/h4-11,16H,3,12-14H2,1-2H3. The second-order valence-electron chi connectivity index (χ2n) is 5.92. The highest BCUT2D eigenvalue weighted by molar-refractivity contribution is 5.79. The quantitative estimate of drug-likeness (QED) is 0.811. The van der Waals surface area contributed by atoms with E-state index in [4.69, 9.17) is 14.2 Å². The molecule has 1 unspecified atom stereocenters. The lowest BCUT2D eigenvalue weighted by atomic mass is 10.1. The average Bonchev–Trinajstić information content (AvgIpc) is 2.66. The molecular weight excluding hydrogens is 318 g/mol. The first kappa shape index (κ1) is 17.1. The van der Waals surface area contributed by atoms with Crippen molar-refractivity contribution in [2.75, 3.05) is 26.8 Å². The SMILES string of the molecule is CCN(CC1COc2ccccc2O1)C(=O)Cc1ccccc1OC. The van der Waals surface area contributed by atoms with Crippen molar-refractivity contribution >= 4 is 5.91 Å². The van der Waals surface area contributed by atoms with Gasteiger partial charge in [0.05, 0.1) is 20.1 Å². The number of nitrogens with zero attached hydrogens (tertiary/aromatic N) is 1. The number of para-hydroxylation sites is 3. The van der Waals surface area contributed by atoms with Gasteiger partial charge >= 0.3 is 0 Å². The Morgan fingerprint density at radius 3 is 2.64 bits per heavy atom. The number of methoxy groups -OCH3 is 1. The van der Waals surface area contributed by atoms with Crippen LogP contribution < -0.4 is 14.2 Å². The number of ether oxygens (including phenoxy) is 3. The van der Waals surface area contributed by atoms with Crippen LogP contribution in [0.2, 0.25) is 0 Å². The minimum absolute atomic E-state index is 0.0504. The summed E-state index contributed by atoms with van der Waals surface area (Å²) in [5.74, 6) is 2.27. The molecule has 5 nitrogen and oxygen atoms in total. The number of likely N-dealkylation sites (N-methyl/N-ethyl adjacent to an activating group) is 1. The molecule has 25 heavy (non-hydrogen) atoms. The number of fused-ring (bicyclic) bond motifs is 1. The van der Waals surface area contributed by atoms with Crippen LogP contribution in [0.3, 0.4) is 0 Å². The normalized spacial score (nSPS) is 15.5. The summed E-state index contributed by atoms with van der Waals surface area (Å²) in [5, 5.41) is 0. The summed E-state index contributed by atoms with van der Waals surface area (Å²) >= 11 is 0. The summed E-state index contributed by atoms with van der Waals surface area (Å²) in [4.78, 5) is 14.5. The molecule has 1 heterocycles. The molecule has 1 aliphatic heterocycles. The van der Waals surface area contributed by atoms with Gasteiger partial charge in [-0.05, 0) is 25.1 Å². The smallest absolute Gasteiger partial charge is 0.227 e. The van der Waals surface area contributed by atoms with Crippen LogP contribution >= 0.6 is 0 Å². The van der Waals surface area contributed by atoms with Gasteiger partial charge in [-0.2, -0.15) is 0 Å². The Kier molecular flexibility index (Phi) is 5.43. The molecule has 2 aromatic rings. The van der Waals surface area contributed by atoms with E-state index in [0.29, 0.717) is 26.1 Å². The Hall–Kier alpha value is -2.69. The van der Waals surface area contributed by atoms with E-state index in [0.717, 1.165) is 22.8 Å². The Balaban J connectivity index is 1.63. The predicted octanol–water partition coefficient (Wildman–Crippen LogP) is 2.93. The van der Waals surface area contributed by atoms with Gasteiger partial charge in [0.25, 0.3) is 0 Å². The molecule has 2 aromatic carbocycles. The molecule has 5 heteroatoms. The first-order chi connectivity index (χ1) is 12.2. The molecule has 1 amide bonds. The molecule has 132 valence electrons. The lowest BCUT2D eigenvalue weighted by Gasteiger charge is -2.31. The van der Waals surface area contributed by atoms with Crippen LogP contribution in [-0.2, 0) is 11.2 Å². The first-order valence-corrected chi connectivity index (χ1v) is 8.49. The fraction of sp³-hybridized carbons (Fsp3) is 0.350. The fourth-order valence-corrected chi connectivity index (χ4v) is 2.93.